The molecule has 1 fully saturated rings. The Hall–Kier alpha value is -2.24. The molecule has 0 spiro atoms. The number of carbonyl (C=O) groups excluding carboxylic acids is 1. The van der Waals surface area contributed by atoms with Gasteiger partial charge in [0.1, 0.15) is 6.04 Å². The molecule has 2 N–H and O–H groups in total. The van der Waals surface area contributed by atoms with Crippen LogP contribution in [-0.2, 0) is 4.79 Å². The standard InChI is InChI=1S/C15H19NO5/c1-20-12-5-3-4-10(13(12)21-2)14(17)16-11(15(18)19)8-9-6-7-9/h3-5,9,11H,6-8H2,1-2H3,(H,16,17)(H,18,19). The van der Waals surface area contributed by atoms with Crippen molar-refractivity contribution in [2.24, 2.45) is 5.92 Å². The van der Waals surface area contributed by atoms with Crippen molar-refractivity contribution < 1.29 is 24.2 Å². The Labute approximate surface area is 123 Å². The van der Waals surface area contributed by atoms with Gasteiger partial charge in [-0.1, -0.05) is 18.9 Å². The third kappa shape index (κ3) is 3.65. The van der Waals surface area contributed by atoms with E-state index in [9.17, 15) is 14.7 Å². The van der Waals surface area contributed by atoms with Gasteiger partial charge in [-0.2, -0.15) is 0 Å². The van der Waals surface area contributed by atoms with Crippen molar-refractivity contribution in [3.8, 4) is 11.5 Å². The third-order valence-electron chi connectivity index (χ3n) is 3.52. The fourth-order valence-electron chi connectivity index (χ4n) is 2.21. The second-order valence-electron chi connectivity index (χ2n) is 5.08. The van der Waals surface area contributed by atoms with Crippen molar-refractivity contribution in [1.29, 1.82) is 0 Å². The summed E-state index contributed by atoms with van der Waals surface area (Å²) in [5, 5.41) is 11.8. The lowest BCUT2D eigenvalue weighted by Crippen LogP contribution is -2.41. The molecule has 1 aromatic carbocycles. The maximum absolute atomic E-state index is 12.3. The molecule has 6 heteroatoms. The third-order valence-corrected chi connectivity index (χ3v) is 3.52. The number of ether oxygens (including phenoxy) is 2. The van der Waals surface area contributed by atoms with E-state index in [4.69, 9.17) is 9.47 Å². The quantitative estimate of drug-likeness (QED) is 0.799. The molecule has 1 saturated carbocycles. The van der Waals surface area contributed by atoms with E-state index in [1.165, 1.54) is 14.2 Å². The van der Waals surface area contributed by atoms with Crippen LogP contribution in [0.25, 0.3) is 0 Å². The van der Waals surface area contributed by atoms with E-state index < -0.39 is 17.9 Å². The highest BCUT2D eigenvalue weighted by Gasteiger charge is 2.31. The van der Waals surface area contributed by atoms with Gasteiger partial charge in [0.05, 0.1) is 19.8 Å². The minimum absolute atomic E-state index is 0.263. The van der Waals surface area contributed by atoms with Crippen molar-refractivity contribution in [1.82, 2.24) is 5.32 Å². The summed E-state index contributed by atoms with van der Waals surface area (Å²) in [6.45, 7) is 0. The average molecular weight is 293 g/mol. The molecule has 2 rings (SSSR count). The van der Waals surface area contributed by atoms with Crippen molar-refractivity contribution >= 4 is 11.9 Å². The number of nitrogens with one attached hydrogen (secondary N) is 1. The van der Waals surface area contributed by atoms with Gasteiger partial charge in [-0.25, -0.2) is 4.79 Å². The molecule has 6 nitrogen and oxygen atoms in total. The lowest BCUT2D eigenvalue weighted by molar-refractivity contribution is -0.139. The number of benzene rings is 1. The number of methoxy groups -OCH3 is 2. The van der Waals surface area contributed by atoms with Crippen LogP contribution >= 0.6 is 0 Å². The van der Waals surface area contributed by atoms with Crippen LogP contribution in [0.15, 0.2) is 18.2 Å². The van der Waals surface area contributed by atoms with Gasteiger partial charge in [0.25, 0.3) is 5.91 Å². The fourth-order valence-corrected chi connectivity index (χ4v) is 2.21. The van der Waals surface area contributed by atoms with Crippen molar-refractivity contribution in [2.45, 2.75) is 25.3 Å². The zero-order chi connectivity index (χ0) is 15.4. The lowest BCUT2D eigenvalue weighted by atomic mass is 10.1. The van der Waals surface area contributed by atoms with Crippen LogP contribution in [0.1, 0.15) is 29.6 Å². The summed E-state index contributed by atoms with van der Waals surface area (Å²) in [5.41, 5.74) is 0.263. The predicted molar refractivity (Wildman–Crippen MR) is 75.8 cm³/mol. The lowest BCUT2D eigenvalue weighted by Gasteiger charge is -2.16. The van der Waals surface area contributed by atoms with Crippen LogP contribution < -0.4 is 14.8 Å². The van der Waals surface area contributed by atoms with E-state index in [2.05, 4.69) is 5.32 Å². The number of carboxylic acids is 1. The molecule has 114 valence electrons. The van der Waals surface area contributed by atoms with Crippen LogP contribution in [-0.4, -0.2) is 37.2 Å². The number of para-hydroxylation sites is 1. The first-order valence-corrected chi connectivity index (χ1v) is 6.81. The van der Waals surface area contributed by atoms with Crippen LogP contribution in [0.2, 0.25) is 0 Å². The van der Waals surface area contributed by atoms with Gasteiger partial charge in [-0.3, -0.25) is 4.79 Å². The molecule has 1 aliphatic rings. The Kier molecular flexibility index (Phi) is 4.67. The summed E-state index contributed by atoms with van der Waals surface area (Å²) in [6, 6.07) is 4.04. The summed E-state index contributed by atoms with van der Waals surface area (Å²) in [7, 11) is 2.92. The van der Waals surface area contributed by atoms with Gasteiger partial charge < -0.3 is 19.9 Å². The molecule has 1 atom stereocenters. The SMILES string of the molecule is COc1cccc(C(=O)NC(CC2CC2)C(=O)O)c1OC. The maximum atomic E-state index is 12.3. The Balaban J connectivity index is 2.16. The molecule has 21 heavy (non-hydrogen) atoms. The van der Waals surface area contributed by atoms with Gasteiger partial charge in [0.15, 0.2) is 11.5 Å². The number of hydrogen-bond acceptors (Lipinski definition) is 4. The summed E-state index contributed by atoms with van der Waals surface area (Å²) in [4.78, 5) is 23.5. The summed E-state index contributed by atoms with van der Waals surface area (Å²) in [5.74, 6) is -0.359. The number of amides is 1. The van der Waals surface area contributed by atoms with Crippen LogP contribution in [0, 0.1) is 5.92 Å². The normalized spacial score (nSPS) is 15.1. The Morgan fingerprint density at radius 1 is 1.33 bits per heavy atom. The van der Waals surface area contributed by atoms with Gasteiger partial charge in [0.2, 0.25) is 0 Å². The fraction of sp³-hybridized carbons (Fsp3) is 0.467. The first kappa shape index (κ1) is 15.2. The molecule has 1 unspecified atom stereocenters. The Morgan fingerprint density at radius 3 is 2.57 bits per heavy atom. The van der Waals surface area contributed by atoms with Gasteiger partial charge in [-0.15, -0.1) is 0 Å². The number of rotatable bonds is 7. The van der Waals surface area contributed by atoms with Crippen molar-refractivity contribution in [3.63, 3.8) is 0 Å². The highest BCUT2D eigenvalue weighted by Crippen LogP contribution is 2.34. The van der Waals surface area contributed by atoms with Crippen LogP contribution in [0.4, 0.5) is 0 Å². The highest BCUT2D eigenvalue weighted by atomic mass is 16.5. The second-order valence-corrected chi connectivity index (χ2v) is 5.08. The zero-order valence-electron chi connectivity index (χ0n) is 12.1. The number of aliphatic carboxylic acids is 1. The Bertz CT molecular complexity index is 539. The Morgan fingerprint density at radius 2 is 2.05 bits per heavy atom. The molecule has 0 aromatic heterocycles. The predicted octanol–water partition coefficient (Wildman–Crippen LogP) is 1.69. The summed E-state index contributed by atoms with van der Waals surface area (Å²) >= 11 is 0. The molecular formula is C15H19NO5. The number of hydrogen-bond donors (Lipinski definition) is 2. The molecule has 1 amide bonds. The number of carboxylic acid groups (broad SMARTS) is 1. The monoisotopic (exact) mass is 293 g/mol. The topological polar surface area (TPSA) is 84.9 Å². The van der Waals surface area contributed by atoms with Crippen molar-refractivity contribution in [2.75, 3.05) is 14.2 Å². The van der Waals surface area contributed by atoms with E-state index in [1.54, 1.807) is 18.2 Å². The molecule has 1 aromatic rings. The van der Waals surface area contributed by atoms with E-state index in [0.29, 0.717) is 23.8 Å². The zero-order valence-corrected chi connectivity index (χ0v) is 12.1. The molecule has 0 bridgehead atoms. The molecule has 0 saturated heterocycles. The van der Waals surface area contributed by atoms with E-state index in [0.717, 1.165) is 12.8 Å². The minimum atomic E-state index is -1.02. The van der Waals surface area contributed by atoms with E-state index >= 15 is 0 Å². The molecule has 0 aliphatic heterocycles. The first-order chi connectivity index (χ1) is 10.1. The molecular weight excluding hydrogens is 274 g/mol. The first-order valence-electron chi connectivity index (χ1n) is 6.81. The highest BCUT2D eigenvalue weighted by molar-refractivity contribution is 5.99. The molecule has 0 heterocycles. The van der Waals surface area contributed by atoms with E-state index in [1.807, 2.05) is 0 Å². The smallest absolute Gasteiger partial charge is 0.326 e. The van der Waals surface area contributed by atoms with Gasteiger partial charge in [-0.05, 0) is 24.5 Å². The second kappa shape index (κ2) is 6.47. The van der Waals surface area contributed by atoms with Gasteiger partial charge >= 0.3 is 5.97 Å². The van der Waals surface area contributed by atoms with Crippen LogP contribution in [0.5, 0.6) is 11.5 Å². The van der Waals surface area contributed by atoms with E-state index in [-0.39, 0.29) is 5.56 Å². The molecule has 1 aliphatic carbocycles. The minimum Gasteiger partial charge on any atom is -0.493 e. The van der Waals surface area contributed by atoms with Crippen LogP contribution in [0.3, 0.4) is 0 Å². The largest absolute Gasteiger partial charge is 0.493 e. The molecule has 0 radical (unpaired) electrons. The van der Waals surface area contributed by atoms with Crippen molar-refractivity contribution in [3.05, 3.63) is 23.8 Å². The summed E-state index contributed by atoms with van der Waals surface area (Å²) in [6.07, 6.45) is 2.53. The average Bonchev–Trinajstić information content (AvgIpc) is 3.29. The number of carbonyl (C=O) groups is 2. The maximum Gasteiger partial charge on any atom is 0.326 e. The summed E-state index contributed by atoms with van der Waals surface area (Å²) < 4.78 is 10.3. The van der Waals surface area contributed by atoms with Gasteiger partial charge in [0, 0.05) is 0 Å².